The lowest BCUT2D eigenvalue weighted by molar-refractivity contribution is -0.116. The summed E-state index contributed by atoms with van der Waals surface area (Å²) in [6.07, 6.45) is 22.0. The third-order valence-electron chi connectivity index (χ3n) is 10.6. The maximum atomic E-state index is 12.2. The summed E-state index contributed by atoms with van der Waals surface area (Å²) >= 11 is 0. The van der Waals surface area contributed by atoms with Gasteiger partial charge in [-0.25, -0.2) is 0 Å². The highest BCUT2D eigenvalue weighted by Crippen LogP contribution is 2.39. The lowest BCUT2D eigenvalue weighted by Gasteiger charge is -2.13. The van der Waals surface area contributed by atoms with Crippen LogP contribution in [-0.4, -0.2) is 15.0 Å². The number of nitrogens with zero attached hydrogens (tertiary/aromatic N) is 2. The van der Waals surface area contributed by atoms with Crippen LogP contribution in [0.2, 0.25) is 0 Å². The average molecular weight is 579 g/mol. The van der Waals surface area contributed by atoms with Gasteiger partial charge in [-0.05, 0) is 117 Å². The van der Waals surface area contributed by atoms with E-state index in [1.807, 2.05) is 0 Å². The molecule has 0 atom stereocenters. The van der Waals surface area contributed by atoms with E-state index in [2.05, 4.69) is 45.6 Å². The van der Waals surface area contributed by atoms with Crippen LogP contribution in [0.1, 0.15) is 118 Å². The third-order valence-corrected chi connectivity index (χ3v) is 10.6. The van der Waals surface area contributed by atoms with Crippen LogP contribution < -0.4 is 11.1 Å². The van der Waals surface area contributed by atoms with Gasteiger partial charge in [-0.15, -0.1) is 0 Å². The van der Waals surface area contributed by atoms with Crippen molar-refractivity contribution in [2.24, 2.45) is 0 Å². The van der Waals surface area contributed by atoms with Gasteiger partial charge in [0.2, 0.25) is 5.91 Å². The van der Waals surface area contributed by atoms with Crippen molar-refractivity contribution in [2.45, 2.75) is 136 Å². The van der Waals surface area contributed by atoms with Crippen molar-refractivity contribution < 1.29 is 4.79 Å². The van der Waals surface area contributed by atoms with E-state index >= 15 is 0 Å². The van der Waals surface area contributed by atoms with Crippen molar-refractivity contribution >= 4 is 39.1 Å². The molecule has 2 aromatic heterocycles. The summed E-state index contributed by atoms with van der Waals surface area (Å²) < 4.78 is 5.17. The van der Waals surface area contributed by atoms with E-state index in [4.69, 9.17) is 5.73 Å². The number of aryl methyl sites for hydroxylation is 6. The maximum Gasteiger partial charge on any atom is 0.224 e. The number of fused-ring (bicyclic) bond motifs is 6. The highest BCUT2D eigenvalue weighted by Gasteiger charge is 2.26. The van der Waals surface area contributed by atoms with Crippen molar-refractivity contribution in [1.29, 1.82) is 0 Å². The molecule has 0 radical (unpaired) electrons. The fourth-order valence-corrected chi connectivity index (χ4v) is 8.61. The molecule has 8 rings (SSSR count). The molecule has 4 aliphatic rings. The first-order chi connectivity index (χ1) is 21.1. The van der Waals surface area contributed by atoms with Crippen LogP contribution >= 0.6 is 0 Å². The monoisotopic (exact) mass is 578 g/mol. The number of hydrogen-bond donors (Lipinski definition) is 2. The number of rotatable bonds is 5. The zero-order valence-corrected chi connectivity index (χ0v) is 26.3. The van der Waals surface area contributed by atoms with E-state index in [0.717, 1.165) is 43.6 Å². The van der Waals surface area contributed by atoms with E-state index in [-0.39, 0.29) is 5.91 Å². The van der Waals surface area contributed by atoms with Gasteiger partial charge in [-0.3, -0.25) is 4.79 Å². The van der Waals surface area contributed by atoms with Gasteiger partial charge in [-0.1, -0.05) is 45.4 Å². The minimum Gasteiger partial charge on any atom is -0.399 e. The average Bonchev–Trinajstić information content (AvgIpc) is 3.70. The van der Waals surface area contributed by atoms with Gasteiger partial charge < -0.3 is 20.2 Å². The van der Waals surface area contributed by atoms with Crippen LogP contribution in [0.25, 0.3) is 21.8 Å². The van der Waals surface area contributed by atoms with Crippen molar-refractivity contribution in [1.82, 2.24) is 9.13 Å². The summed E-state index contributed by atoms with van der Waals surface area (Å²) in [5, 5.41) is 6.04. The molecule has 1 amide bonds. The Bertz CT molecular complexity index is 1650. The van der Waals surface area contributed by atoms with Crippen LogP contribution in [0.5, 0.6) is 0 Å². The normalized spacial score (nSPS) is 17.4. The molecule has 2 aliphatic carbocycles. The zero-order chi connectivity index (χ0) is 29.3. The van der Waals surface area contributed by atoms with Gasteiger partial charge in [0.1, 0.15) is 0 Å². The number of nitrogens with two attached hydrogens (primary N) is 1. The number of unbranched alkanes of at least 4 members (excludes halogenated alkanes) is 2. The molecule has 0 saturated carbocycles. The van der Waals surface area contributed by atoms with E-state index < -0.39 is 0 Å². The molecule has 0 fully saturated rings. The molecule has 5 heteroatoms. The van der Waals surface area contributed by atoms with Crippen molar-refractivity contribution in [3.63, 3.8) is 0 Å². The number of benzene rings is 2. The lowest BCUT2D eigenvalue weighted by atomic mass is 9.95. The van der Waals surface area contributed by atoms with Crippen LogP contribution in [-0.2, 0) is 56.4 Å². The van der Waals surface area contributed by atoms with E-state index in [9.17, 15) is 4.79 Å². The molecule has 0 spiro atoms. The second-order valence-corrected chi connectivity index (χ2v) is 13.6. The maximum absolute atomic E-state index is 12.2. The first-order valence-electron chi connectivity index (χ1n) is 17.5. The quantitative estimate of drug-likeness (QED) is 0.184. The van der Waals surface area contributed by atoms with Gasteiger partial charge in [0, 0.05) is 53.0 Å². The SMILES string of the molecule is CCCCCC(=O)Nc1cc2c3c(c1)c1c(n3CC2)CCCCCC1.Nc1cc2c3c(c1)c1c(n3CC2)CCCCCC1. The molecule has 4 heterocycles. The standard InChI is InChI=1S/C22H30N2O.C16H20N2/c1-2-3-6-11-21(25)23-17-14-16-12-13-24-20-10-8-5-4-7-9-18(20)19(15-17)22(16)24;17-12-9-11-7-8-18-15-6-4-2-1-3-5-13(15)14(10-12)16(11)18/h14-15H,2-13H2,1H3,(H,23,25);9-10H,1-8,17H2. The van der Waals surface area contributed by atoms with E-state index in [1.165, 1.54) is 123 Å². The van der Waals surface area contributed by atoms with Crippen LogP contribution in [0, 0.1) is 0 Å². The zero-order valence-electron chi connectivity index (χ0n) is 26.3. The molecule has 2 aliphatic heterocycles. The van der Waals surface area contributed by atoms with Crippen LogP contribution in [0.15, 0.2) is 24.3 Å². The Morgan fingerprint density at radius 3 is 1.86 bits per heavy atom. The van der Waals surface area contributed by atoms with E-state index in [1.54, 1.807) is 22.5 Å². The summed E-state index contributed by atoms with van der Waals surface area (Å²) in [6, 6.07) is 8.86. The number of anilines is 2. The van der Waals surface area contributed by atoms with Gasteiger partial charge in [0.05, 0.1) is 11.0 Å². The minimum absolute atomic E-state index is 0.167. The fraction of sp³-hybridized carbons (Fsp3) is 0.553. The van der Waals surface area contributed by atoms with Crippen molar-refractivity contribution in [3.05, 3.63) is 57.9 Å². The molecular weight excluding hydrogens is 528 g/mol. The van der Waals surface area contributed by atoms with E-state index in [0.29, 0.717) is 6.42 Å². The van der Waals surface area contributed by atoms with Gasteiger partial charge in [0.25, 0.3) is 0 Å². The molecule has 43 heavy (non-hydrogen) atoms. The molecule has 2 aromatic carbocycles. The molecule has 228 valence electrons. The highest BCUT2D eigenvalue weighted by atomic mass is 16.1. The molecule has 4 aromatic rings. The molecule has 5 nitrogen and oxygen atoms in total. The van der Waals surface area contributed by atoms with Crippen molar-refractivity contribution in [2.75, 3.05) is 11.1 Å². The lowest BCUT2D eigenvalue weighted by Crippen LogP contribution is -2.11. The summed E-state index contributed by atoms with van der Waals surface area (Å²) in [6.45, 7) is 4.46. The Morgan fingerprint density at radius 1 is 0.698 bits per heavy atom. The molecule has 0 bridgehead atoms. The second-order valence-electron chi connectivity index (χ2n) is 13.6. The van der Waals surface area contributed by atoms with Gasteiger partial charge >= 0.3 is 0 Å². The second kappa shape index (κ2) is 12.4. The summed E-state index contributed by atoms with van der Waals surface area (Å²) in [5.41, 5.74) is 20.3. The number of nitrogen functional groups attached to an aromatic ring is 1. The molecule has 0 unspecified atom stereocenters. The Morgan fingerprint density at radius 2 is 1.26 bits per heavy atom. The highest BCUT2D eigenvalue weighted by molar-refractivity contribution is 5.97. The Labute approximate surface area is 257 Å². The smallest absolute Gasteiger partial charge is 0.224 e. The first-order valence-corrected chi connectivity index (χ1v) is 17.5. The topological polar surface area (TPSA) is 65.0 Å². The number of carbonyl (C=O) groups is 1. The Balaban J connectivity index is 0.000000147. The predicted octanol–water partition coefficient (Wildman–Crippen LogP) is 8.81. The molecule has 3 N–H and O–H groups in total. The molecular formula is C38H50N4O. The third kappa shape index (κ3) is 5.49. The largest absolute Gasteiger partial charge is 0.399 e. The number of nitrogens with one attached hydrogen (secondary N) is 1. The van der Waals surface area contributed by atoms with Crippen molar-refractivity contribution in [3.8, 4) is 0 Å². The number of aromatic nitrogens is 2. The van der Waals surface area contributed by atoms with Gasteiger partial charge in [0.15, 0.2) is 0 Å². The summed E-state index contributed by atoms with van der Waals surface area (Å²) in [7, 11) is 0. The molecule has 0 saturated heterocycles. The fourth-order valence-electron chi connectivity index (χ4n) is 8.61. The number of carbonyl (C=O) groups excluding carboxylic acids is 1. The van der Waals surface area contributed by atoms with Crippen LogP contribution in [0.3, 0.4) is 0 Å². The summed E-state index contributed by atoms with van der Waals surface area (Å²) in [4.78, 5) is 12.2. The minimum atomic E-state index is 0.167. The Hall–Kier alpha value is -3.21. The first kappa shape index (κ1) is 28.6. The van der Waals surface area contributed by atoms with Crippen LogP contribution in [0.4, 0.5) is 11.4 Å². The Kier molecular flexibility index (Phi) is 8.25. The summed E-state index contributed by atoms with van der Waals surface area (Å²) in [5.74, 6) is 0.167. The van der Waals surface area contributed by atoms with Gasteiger partial charge in [-0.2, -0.15) is 0 Å². The number of amides is 1. The predicted molar refractivity (Wildman–Crippen MR) is 180 cm³/mol. The number of hydrogen-bond acceptors (Lipinski definition) is 2.